The molecule has 4 nitrogen and oxygen atoms in total. The van der Waals surface area contributed by atoms with Gasteiger partial charge in [-0.15, -0.1) is 0 Å². The fraction of sp³-hybridized carbons (Fsp3) is 0.600. The maximum Gasteiger partial charge on any atom is 0.150 e. The van der Waals surface area contributed by atoms with Crippen molar-refractivity contribution in [2.75, 3.05) is 25.7 Å². The van der Waals surface area contributed by atoms with E-state index >= 15 is 0 Å². The molecule has 0 aliphatic carbocycles. The number of halogens is 1. The van der Waals surface area contributed by atoms with Gasteiger partial charge < -0.3 is 10.1 Å². The number of likely N-dealkylation sites (N-methyl/N-ethyl adjacent to an activating group) is 1. The zero-order chi connectivity index (χ0) is 15.5. The molecule has 0 saturated carbocycles. The van der Waals surface area contributed by atoms with E-state index in [-0.39, 0.29) is 12.0 Å². The highest BCUT2D eigenvalue weighted by atomic mass is 35.5. The average molecular weight is 332 g/mol. The number of ether oxygens (including phenoxy) is 1. The van der Waals surface area contributed by atoms with Gasteiger partial charge in [0.05, 0.1) is 18.6 Å². The minimum Gasteiger partial charge on any atom is -0.496 e. The van der Waals surface area contributed by atoms with Gasteiger partial charge in [-0.3, -0.25) is 0 Å². The van der Waals surface area contributed by atoms with Crippen molar-refractivity contribution >= 4 is 21.4 Å². The Morgan fingerprint density at radius 3 is 2.81 bits per heavy atom. The lowest BCUT2D eigenvalue weighted by Crippen LogP contribution is -2.30. The summed E-state index contributed by atoms with van der Waals surface area (Å²) >= 11 is 6.05. The van der Waals surface area contributed by atoms with Crippen LogP contribution in [-0.2, 0) is 16.3 Å². The summed E-state index contributed by atoms with van der Waals surface area (Å²) in [6.45, 7) is 0. The molecule has 0 amide bonds. The second-order valence-electron chi connectivity index (χ2n) is 5.65. The van der Waals surface area contributed by atoms with Crippen molar-refractivity contribution in [2.45, 2.75) is 25.3 Å². The molecule has 1 saturated heterocycles. The highest BCUT2D eigenvalue weighted by molar-refractivity contribution is 7.91. The summed E-state index contributed by atoms with van der Waals surface area (Å²) in [6, 6.07) is 5.80. The van der Waals surface area contributed by atoms with Gasteiger partial charge in [0, 0.05) is 11.1 Å². The van der Waals surface area contributed by atoms with E-state index in [2.05, 4.69) is 5.32 Å². The minimum atomic E-state index is -2.82. The van der Waals surface area contributed by atoms with Crippen LogP contribution in [0.15, 0.2) is 18.2 Å². The van der Waals surface area contributed by atoms with E-state index < -0.39 is 9.84 Å². The molecule has 2 rings (SSSR count). The van der Waals surface area contributed by atoms with Crippen LogP contribution in [0.3, 0.4) is 0 Å². The summed E-state index contributed by atoms with van der Waals surface area (Å²) in [5.41, 5.74) is 1.05. The molecule has 21 heavy (non-hydrogen) atoms. The van der Waals surface area contributed by atoms with E-state index in [1.165, 1.54) is 0 Å². The van der Waals surface area contributed by atoms with Gasteiger partial charge in [0.25, 0.3) is 0 Å². The lowest BCUT2D eigenvalue weighted by molar-refractivity contribution is 0.394. The maximum atomic E-state index is 11.6. The molecule has 118 valence electrons. The molecule has 0 aromatic heterocycles. The van der Waals surface area contributed by atoms with Gasteiger partial charge in [-0.2, -0.15) is 0 Å². The van der Waals surface area contributed by atoms with Crippen molar-refractivity contribution in [3.05, 3.63) is 28.8 Å². The molecule has 0 radical (unpaired) electrons. The molecule has 1 aliphatic heterocycles. The van der Waals surface area contributed by atoms with E-state index in [4.69, 9.17) is 16.3 Å². The lowest BCUT2D eigenvalue weighted by Gasteiger charge is -2.20. The Kier molecular flexibility index (Phi) is 5.52. The second-order valence-corrected chi connectivity index (χ2v) is 8.32. The zero-order valence-electron chi connectivity index (χ0n) is 12.4. The molecule has 1 fully saturated rings. The van der Waals surface area contributed by atoms with Crippen molar-refractivity contribution in [3.8, 4) is 5.75 Å². The van der Waals surface area contributed by atoms with E-state index in [9.17, 15) is 8.42 Å². The van der Waals surface area contributed by atoms with Crippen LogP contribution in [0, 0.1) is 5.92 Å². The van der Waals surface area contributed by atoms with Gasteiger partial charge in [0.1, 0.15) is 5.75 Å². The zero-order valence-corrected chi connectivity index (χ0v) is 14.0. The molecule has 0 spiro atoms. The number of hydrogen-bond acceptors (Lipinski definition) is 4. The van der Waals surface area contributed by atoms with Gasteiger partial charge in [-0.1, -0.05) is 11.6 Å². The van der Waals surface area contributed by atoms with Gasteiger partial charge >= 0.3 is 0 Å². The Morgan fingerprint density at radius 1 is 1.48 bits per heavy atom. The molecule has 1 N–H and O–H groups in total. The molecular weight excluding hydrogens is 310 g/mol. The first-order chi connectivity index (χ1) is 9.93. The van der Waals surface area contributed by atoms with E-state index in [0.717, 1.165) is 30.6 Å². The van der Waals surface area contributed by atoms with Crippen LogP contribution in [0.5, 0.6) is 5.75 Å². The first-order valence-electron chi connectivity index (χ1n) is 7.13. The molecule has 1 aromatic rings. The predicted octanol–water partition coefficient (Wildman–Crippen LogP) is 2.30. The number of benzene rings is 1. The first-order valence-corrected chi connectivity index (χ1v) is 9.33. The quantitative estimate of drug-likeness (QED) is 0.869. The first kappa shape index (κ1) is 16.6. The predicted molar refractivity (Wildman–Crippen MR) is 85.9 cm³/mol. The summed E-state index contributed by atoms with van der Waals surface area (Å²) in [6.07, 6.45) is 2.40. The Hall–Kier alpha value is -0.780. The summed E-state index contributed by atoms with van der Waals surface area (Å²) in [4.78, 5) is 0. The van der Waals surface area contributed by atoms with Crippen molar-refractivity contribution in [3.63, 3.8) is 0 Å². The van der Waals surface area contributed by atoms with Crippen LogP contribution >= 0.6 is 11.6 Å². The number of hydrogen-bond donors (Lipinski definition) is 1. The molecular formula is C15H22ClNO3S. The molecule has 0 bridgehead atoms. The van der Waals surface area contributed by atoms with Gasteiger partial charge in [-0.25, -0.2) is 8.42 Å². The maximum absolute atomic E-state index is 11.6. The van der Waals surface area contributed by atoms with E-state index in [1.54, 1.807) is 7.11 Å². The highest BCUT2D eigenvalue weighted by Crippen LogP contribution is 2.27. The third-order valence-corrected chi connectivity index (χ3v) is 6.13. The Labute approximate surface area is 131 Å². The lowest BCUT2D eigenvalue weighted by atomic mass is 9.94. The van der Waals surface area contributed by atoms with Crippen LogP contribution in [0.1, 0.15) is 18.4 Å². The fourth-order valence-corrected chi connectivity index (χ4v) is 5.01. The van der Waals surface area contributed by atoms with Crippen LogP contribution in [-0.4, -0.2) is 40.1 Å². The normalized spacial score (nSPS) is 22.1. The molecule has 1 heterocycles. The summed E-state index contributed by atoms with van der Waals surface area (Å²) in [5, 5.41) is 3.97. The number of nitrogens with one attached hydrogen (secondary N) is 1. The molecule has 2 atom stereocenters. The summed E-state index contributed by atoms with van der Waals surface area (Å²) in [7, 11) is 0.736. The van der Waals surface area contributed by atoms with Crippen LogP contribution in [0.4, 0.5) is 0 Å². The molecule has 6 heteroatoms. The van der Waals surface area contributed by atoms with Crippen molar-refractivity contribution in [1.82, 2.24) is 5.32 Å². The Bertz CT molecular complexity index is 589. The van der Waals surface area contributed by atoms with Crippen molar-refractivity contribution in [2.24, 2.45) is 5.92 Å². The van der Waals surface area contributed by atoms with Crippen molar-refractivity contribution < 1.29 is 13.2 Å². The number of methoxy groups -OCH3 is 1. The third kappa shape index (κ3) is 4.59. The van der Waals surface area contributed by atoms with Gasteiger partial charge in [0.2, 0.25) is 0 Å². The number of rotatable bonds is 6. The summed E-state index contributed by atoms with van der Waals surface area (Å²) < 4.78 is 28.5. The van der Waals surface area contributed by atoms with Crippen LogP contribution < -0.4 is 10.1 Å². The topological polar surface area (TPSA) is 55.4 Å². The monoisotopic (exact) mass is 331 g/mol. The Morgan fingerprint density at radius 2 is 2.24 bits per heavy atom. The van der Waals surface area contributed by atoms with E-state index in [1.807, 2.05) is 25.2 Å². The minimum absolute atomic E-state index is 0.218. The van der Waals surface area contributed by atoms with Crippen LogP contribution in [0.25, 0.3) is 0 Å². The smallest absolute Gasteiger partial charge is 0.150 e. The molecule has 1 aliphatic rings. The van der Waals surface area contributed by atoms with Gasteiger partial charge in [0.15, 0.2) is 9.84 Å². The number of sulfone groups is 1. The van der Waals surface area contributed by atoms with Crippen LogP contribution in [0.2, 0.25) is 5.02 Å². The van der Waals surface area contributed by atoms with Crippen molar-refractivity contribution in [1.29, 1.82) is 0 Å². The largest absolute Gasteiger partial charge is 0.496 e. The van der Waals surface area contributed by atoms with E-state index in [0.29, 0.717) is 16.5 Å². The highest BCUT2D eigenvalue weighted by Gasteiger charge is 2.29. The third-order valence-electron chi connectivity index (χ3n) is 4.06. The standard InChI is InChI=1S/C15H22ClNO3S/c1-17-14(7-11-5-6-21(18,19)10-11)9-12-8-13(16)3-4-15(12)20-2/h3-4,8,11,14,17H,5-7,9-10H2,1-2H3. The average Bonchev–Trinajstić information content (AvgIpc) is 2.77. The second kappa shape index (κ2) is 6.99. The Balaban J connectivity index is 2.04. The summed E-state index contributed by atoms with van der Waals surface area (Å²) in [5.74, 6) is 1.71. The SMILES string of the molecule is CNC(Cc1cc(Cl)ccc1OC)CC1CCS(=O)(=O)C1. The van der Waals surface area contributed by atoms with Gasteiger partial charge in [-0.05, 0) is 56.0 Å². The molecule has 1 aromatic carbocycles. The molecule has 2 unspecified atom stereocenters. The fourth-order valence-electron chi connectivity index (χ4n) is 2.94.